The summed E-state index contributed by atoms with van der Waals surface area (Å²) in [7, 11) is 0. The minimum Gasteiger partial charge on any atom is -0.294 e. The number of aromatic nitrogens is 4. The van der Waals surface area contributed by atoms with E-state index in [9.17, 15) is 4.79 Å². The van der Waals surface area contributed by atoms with E-state index in [0.29, 0.717) is 34.4 Å². The zero-order valence-electron chi connectivity index (χ0n) is 16.4. The van der Waals surface area contributed by atoms with Crippen molar-refractivity contribution in [3.8, 4) is 0 Å². The van der Waals surface area contributed by atoms with E-state index < -0.39 is 0 Å². The number of aryl methyl sites for hydroxylation is 1. The van der Waals surface area contributed by atoms with E-state index in [2.05, 4.69) is 46.3 Å². The van der Waals surface area contributed by atoms with Crippen LogP contribution in [0, 0.1) is 6.92 Å². The lowest BCUT2D eigenvalue weighted by Crippen LogP contribution is -2.21. The lowest BCUT2D eigenvalue weighted by atomic mass is 9.82. The van der Waals surface area contributed by atoms with Gasteiger partial charge in [-0.3, -0.25) is 4.79 Å². The highest BCUT2D eigenvalue weighted by molar-refractivity contribution is 7.98. The van der Waals surface area contributed by atoms with Gasteiger partial charge in [-0.25, -0.2) is 9.50 Å². The molecule has 5 rings (SSSR count). The summed E-state index contributed by atoms with van der Waals surface area (Å²) in [6, 6.07) is 16.1. The van der Waals surface area contributed by atoms with Crippen LogP contribution >= 0.6 is 23.4 Å². The molecule has 0 fully saturated rings. The van der Waals surface area contributed by atoms with Crippen LogP contribution in [0.2, 0.25) is 5.02 Å². The number of thioether (sulfide) groups is 1. The van der Waals surface area contributed by atoms with Gasteiger partial charge < -0.3 is 0 Å². The Labute approximate surface area is 183 Å². The Morgan fingerprint density at radius 2 is 2.00 bits per heavy atom. The van der Waals surface area contributed by atoms with Gasteiger partial charge >= 0.3 is 0 Å². The molecule has 0 spiro atoms. The summed E-state index contributed by atoms with van der Waals surface area (Å²) in [4.78, 5) is 22.1. The molecule has 4 aromatic rings. The predicted molar refractivity (Wildman–Crippen MR) is 118 cm³/mol. The van der Waals surface area contributed by atoms with Gasteiger partial charge in [-0.1, -0.05) is 65.3 Å². The van der Waals surface area contributed by atoms with Crippen LogP contribution in [0.4, 0.5) is 0 Å². The number of halogens is 1. The molecule has 0 amide bonds. The Bertz CT molecular complexity index is 1270. The molecular weight excluding hydrogens is 416 g/mol. The van der Waals surface area contributed by atoms with E-state index in [1.807, 2.05) is 24.3 Å². The van der Waals surface area contributed by atoms with Crippen LogP contribution in [0.15, 0.2) is 59.9 Å². The summed E-state index contributed by atoms with van der Waals surface area (Å²) >= 11 is 7.71. The Morgan fingerprint density at radius 1 is 1.13 bits per heavy atom. The minimum absolute atomic E-state index is 0.0803. The SMILES string of the molecule is Cc1cccc(CSc2nc3nc4c(cn3n2)C(=O)C[C@@H](c2cccc(Cl)c2)C4)c1. The fraction of sp³-hybridized carbons (Fsp3) is 0.217. The Kier molecular flexibility index (Phi) is 5.05. The van der Waals surface area contributed by atoms with Gasteiger partial charge in [0.05, 0.1) is 11.3 Å². The average Bonchev–Trinajstić information content (AvgIpc) is 3.13. The quantitative estimate of drug-likeness (QED) is 0.408. The highest BCUT2D eigenvalue weighted by Crippen LogP contribution is 2.33. The van der Waals surface area contributed by atoms with Crippen molar-refractivity contribution in [2.45, 2.75) is 36.6 Å². The fourth-order valence-electron chi connectivity index (χ4n) is 3.87. The second kappa shape index (κ2) is 7.85. The van der Waals surface area contributed by atoms with E-state index in [1.165, 1.54) is 11.1 Å². The van der Waals surface area contributed by atoms with Gasteiger partial charge in [-0.05, 0) is 42.5 Å². The maximum absolute atomic E-state index is 12.8. The standard InChI is InChI=1S/C23H19ClN4OS/c1-14-4-2-5-15(8-14)13-30-23-26-22-25-20-10-17(16-6-3-7-18(24)9-16)11-21(29)19(20)12-28(22)27-23/h2-9,12,17H,10-11,13H2,1H3/t17-/m0/s1. The molecule has 30 heavy (non-hydrogen) atoms. The zero-order chi connectivity index (χ0) is 20.7. The van der Waals surface area contributed by atoms with E-state index in [1.54, 1.807) is 22.5 Å². The summed E-state index contributed by atoms with van der Waals surface area (Å²) in [5, 5.41) is 5.86. The maximum Gasteiger partial charge on any atom is 0.253 e. The lowest BCUT2D eigenvalue weighted by Gasteiger charge is -2.23. The second-order valence-corrected chi connectivity index (χ2v) is 8.98. The van der Waals surface area contributed by atoms with E-state index in [4.69, 9.17) is 11.6 Å². The smallest absolute Gasteiger partial charge is 0.253 e. The molecule has 2 aromatic heterocycles. The van der Waals surface area contributed by atoms with Crippen molar-refractivity contribution in [2.24, 2.45) is 0 Å². The van der Waals surface area contributed by atoms with Gasteiger partial charge in [0.25, 0.3) is 5.78 Å². The molecule has 7 heteroatoms. The minimum atomic E-state index is 0.0803. The van der Waals surface area contributed by atoms with Gasteiger partial charge in [-0.2, -0.15) is 4.98 Å². The van der Waals surface area contributed by atoms with Crippen LogP contribution in [0.25, 0.3) is 5.78 Å². The number of benzene rings is 2. The molecule has 2 heterocycles. The van der Waals surface area contributed by atoms with Crippen LogP contribution in [-0.2, 0) is 12.2 Å². The number of Topliss-reactive ketones (excluding diaryl/α,β-unsaturated/α-hetero) is 1. The highest BCUT2D eigenvalue weighted by Gasteiger charge is 2.28. The number of hydrogen-bond acceptors (Lipinski definition) is 5. The van der Waals surface area contributed by atoms with Crippen molar-refractivity contribution in [2.75, 3.05) is 0 Å². The van der Waals surface area contributed by atoms with Crippen molar-refractivity contribution >= 4 is 34.9 Å². The van der Waals surface area contributed by atoms with Crippen molar-refractivity contribution in [3.05, 3.63) is 87.7 Å². The predicted octanol–water partition coefficient (Wildman–Crippen LogP) is 5.29. The Hall–Kier alpha value is -2.70. The van der Waals surface area contributed by atoms with Gasteiger partial charge in [0.1, 0.15) is 0 Å². The van der Waals surface area contributed by atoms with Gasteiger partial charge in [0, 0.05) is 23.4 Å². The van der Waals surface area contributed by atoms with Crippen molar-refractivity contribution < 1.29 is 4.79 Å². The first-order valence-corrected chi connectivity index (χ1v) is 11.1. The third kappa shape index (κ3) is 3.85. The van der Waals surface area contributed by atoms with E-state index >= 15 is 0 Å². The first kappa shape index (κ1) is 19.3. The second-order valence-electron chi connectivity index (χ2n) is 7.60. The van der Waals surface area contributed by atoms with Crippen LogP contribution in [0.5, 0.6) is 0 Å². The van der Waals surface area contributed by atoms with Crippen molar-refractivity contribution in [1.82, 2.24) is 19.6 Å². The van der Waals surface area contributed by atoms with Gasteiger partial charge in [0.2, 0.25) is 5.16 Å². The molecule has 0 aliphatic heterocycles. The topological polar surface area (TPSA) is 60.1 Å². The number of ketones is 1. The molecule has 0 N–H and O–H groups in total. The third-order valence-electron chi connectivity index (χ3n) is 5.33. The summed E-state index contributed by atoms with van der Waals surface area (Å²) in [5.74, 6) is 1.48. The summed E-state index contributed by atoms with van der Waals surface area (Å²) in [5.41, 5.74) is 4.95. The molecule has 0 bridgehead atoms. The summed E-state index contributed by atoms with van der Waals surface area (Å²) in [6.45, 7) is 2.08. The Balaban J connectivity index is 1.41. The maximum atomic E-state index is 12.8. The molecule has 150 valence electrons. The molecule has 5 nitrogen and oxygen atoms in total. The number of carbonyl (C=O) groups excluding carboxylic acids is 1. The fourth-order valence-corrected chi connectivity index (χ4v) is 4.84. The van der Waals surface area contributed by atoms with Crippen molar-refractivity contribution in [3.63, 3.8) is 0 Å². The molecule has 0 unspecified atom stereocenters. The molecule has 1 atom stereocenters. The molecule has 1 aliphatic carbocycles. The van der Waals surface area contributed by atoms with Crippen LogP contribution in [0.1, 0.15) is 45.1 Å². The van der Waals surface area contributed by atoms with Crippen LogP contribution in [-0.4, -0.2) is 25.4 Å². The van der Waals surface area contributed by atoms with Crippen molar-refractivity contribution in [1.29, 1.82) is 0 Å². The summed E-state index contributed by atoms with van der Waals surface area (Å²) in [6.07, 6.45) is 2.92. The van der Waals surface area contributed by atoms with Gasteiger partial charge in [0.15, 0.2) is 5.78 Å². The van der Waals surface area contributed by atoms with Gasteiger partial charge in [-0.15, -0.1) is 5.10 Å². The molecular formula is C23H19ClN4OS. The first-order valence-electron chi connectivity index (χ1n) is 9.78. The molecule has 2 aromatic carbocycles. The van der Waals surface area contributed by atoms with E-state index in [0.717, 1.165) is 17.0 Å². The molecule has 0 saturated carbocycles. The zero-order valence-corrected chi connectivity index (χ0v) is 18.0. The largest absolute Gasteiger partial charge is 0.294 e. The van der Waals surface area contributed by atoms with Crippen LogP contribution < -0.4 is 0 Å². The normalized spacial score (nSPS) is 16.1. The monoisotopic (exact) mass is 434 g/mol. The first-order chi connectivity index (χ1) is 14.5. The highest BCUT2D eigenvalue weighted by atomic mass is 35.5. The van der Waals surface area contributed by atoms with E-state index in [-0.39, 0.29) is 11.7 Å². The number of hydrogen-bond donors (Lipinski definition) is 0. The molecule has 0 saturated heterocycles. The van der Waals surface area contributed by atoms with Crippen LogP contribution in [0.3, 0.4) is 0 Å². The number of fused-ring (bicyclic) bond motifs is 2. The molecule has 1 aliphatic rings. The lowest BCUT2D eigenvalue weighted by molar-refractivity contribution is 0.0962. The summed E-state index contributed by atoms with van der Waals surface area (Å²) < 4.78 is 1.62. The Morgan fingerprint density at radius 3 is 2.83 bits per heavy atom. The molecule has 0 radical (unpaired) electrons. The number of rotatable bonds is 4. The average molecular weight is 435 g/mol. The number of nitrogens with zero attached hydrogens (tertiary/aromatic N) is 4. The number of carbonyl (C=O) groups is 1. The third-order valence-corrected chi connectivity index (χ3v) is 6.48.